The molecule has 0 spiro atoms. The minimum absolute atomic E-state index is 0.0183. The topological polar surface area (TPSA) is 94.6 Å². The van der Waals surface area contributed by atoms with Crippen molar-refractivity contribution in [3.05, 3.63) is 77.0 Å². The molecule has 42 heavy (non-hydrogen) atoms. The van der Waals surface area contributed by atoms with E-state index in [0.717, 1.165) is 30.2 Å². The van der Waals surface area contributed by atoms with Crippen LogP contribution in [0.2, 0.25) is 0 Å². The molecule has 4 aliphatic carbocycles. The van der Waals surface area contributed by atoms with Crippen LogP contribution in [0.1, 0.15) is 67.8 Å². The lowest BCUT2D eigenvalue weighted by Gasteiger charge is -2.60. The number of nitrogens with zero attached hydrogens (tertiary/aromatic N) is 2. The zero-order valence-electron chi connectivity index (χ0n) is 23.3. The van der Waals surface area contributed by atoms with Crippen LogP contribution in [0, 0.1) is 40.2 Å². The molecule has 0 bridgehead atoms. The molecule has 7 rings (SSSR count). The number of aliphatic hydroxyl groups is 1. The van der Waals surface area contributed by atoms with Crippen LogP contribution in [0.5, 0.6) is 0 Å². The number of allylic oxidation sites excluding steroid dienone is 1. The number of hydrogen-bond acceptors (Lipinski definition) is 6. The van der Waals surface area contributed by atoms with Gasteiger partial charge in [0.25, 0.3) is 0 Å². The molecular weight excluding hydrogens is 562 g/mol. The molecule has 0 aliphatic heterocycles. The third-order valence-electron chi connectivity index (χ3n) is 11.0. The monoisotopic (exact) mass is 594 g/mol. The van der Waals surface area contributed by atoms with E-state index in [1.54, 1.807) is 16.9 Å². The maximum Gasteiger partial charge on any atom is 0.375 e. The van der Waals surface area contributed by atoms with Crippen LogP contribution < -0.4 is 0 Å². The largest absolute Gasteiger partial charge is 0.457 e. The van der Waals surface area contributed by atoms with Gasteiger partial charge in [0.1, 0.15) is 11.6 Å². The first-order chi connectivity index (χ1) is 20.0. The van der Waals surface area contributed by atoms with E-state index in [9.17, 15) is 23.5 Å². The number of hydrogen-bond donors (Lipinski definition) is 2. The fraction of sp³-hybridized carbons (Fsp3) is 0.469. The summed E-state index contributed by atoms with van der Waals surface area (Å²) >= 11 is 4.24. The number of rotatable bonds is 4. The molecule has 1 N–H and O–H groups in total. The summed E-state index contributed by atoms with van der Waals surface area (Å²) in [6.07, 6.45) is 7.92. The molecule has 2 aromatic heterocycles. The fourth-order valence-electron chi connectivity index (χ4n) is 9.21. The highest BCUT2D eigenvalue weighted by Crippen LogP contribution is 2.68. The van der Waals surface area contributed by atoms with Crippen LogP contribution in [0.3, 0.4) is 0 Å². The van der Waals surface area contributed by atoms with E-state index < -0.39 is 39.8 Å². The van der Waals surface area contributed by atoms with Crippen molar-refractivity contribution in [2.75, 3.05) is 0 Å². The van der Waals surface area contributed by atoms with Crippen molar-refractivity contribution in [1.29, 1.82) is 0 Å². The Morgan fingerprint density at radius 2 is 1.95 bits per heavy atom. The minimum Gasteiger partial charge on any atom is -0.457 e. The molecule has 3 fully saturated rings. The molecule has 0 amide bonds. The van der Waals surface area contributed by atoms with Crippen molar-refractivity contribution < 1.29 is 32.6 Å². The lowest BCUT2D eigenvalue weighted by molar-refractivity contribution is -0.174. The van der Waals surface area contributed by atoms with Gasteiger partial charge in [-0.3, -0.25) is 4.79 Å². The highest BCUT2D eigenvalue weighted by molar-refractivity contribution is 7.96. The van der Waals surface area contributed by atoms with Gasteiger partial charge in [0.2, 0.25) is 10.9 Å². The second-order valence-electron chi connectivity index (χ2n) is 12.9. The molecule has 220 valence electrons. The molecule has 10 heteroatoms. The Morgan fingerprint density at radius 3 is 2.64 bits per heavy atom. The maximum atomic E-state index is 14.0. The second-order valence-corrected chi connectivity index (χ2v) is 13.3. The number of fused-ring (bicyclic) bond motifs is 6. The van der Waals surface area contributed by atoms with Crippen LogP contribution in [0.15, 0.2) is 52.8 Å². The molecule has 1 aromatic carbocycles. The van der Waals surface area contributed by atoms with E-state index in [0.29, 0.717) is 24.9 Å². The summed E-state index contributed by atoms with van der Waals surface area (Å²) in [5, 5.41) is 15.9. The van der Waals surface area contributed by atoms with Gasteiger partial charge in [-0.15, -0.1) is 12.6 Å². The van der Waals surface area contributed by atoms with Crippen LogP contribution in [-0.2, 0) is 16.0 Å². The zero-order valence-corrected chi connectivity index (χ0v) is 24.2. The number of aliphatic hydroxyl groups excluding tert-OH is 1. The van der Waals surface area contributed by atoms with Gasteiger partial charge in [-0.2, -0.15) is 5.10 Å². The molecule has 2 heterocycles. The average Bonchev–Trinajstić information content (AvgIpc) is 3.65. The molecule has 7 nitrogen and oxygen atoms in total. The Morgan fingerprint density at radius 1 is 1.19 bits per heavy atom. The van der Waals surface area contributed by atoms with E-state index in [1.165, 1.54) is 30.0 Å². The van der Waals surface area contributed by atoms with Crippen molar-refractivity contribution in [2.45, 2.75) is 64.1 Å². The Hall–Kier alpha value is -3.24. The first kappa shape index (κ1) is 27.6. The summed E-state index contributed by atoms with van der Waals surface area (Å²) in [5.41, 5.74) is 0.582. The lowest BCUT2D eigenvalue weighted by Crippen LogP contribution is -2.62. The van der Waals surface area contributed by atoms with Gasteiger partial charge in [0.05, 0.1) is 29.9 Å². The van der Waals surface area contributed by atoms with Crippen LogP contribution in [0.25, 0.3) is 11.8 Å². The number of benzene rings is 1. The van der Waals surface area contributed by atoms with Crippen molar-refractivity contribution >= 4 is 29.8 Å². The summed E-state index contributed by atoms with van der Waals surface area (Å²) in [5.74, 6) is -2.00. The summed E-state index contributed by atoms with van der Waals surface area (Å²) in [6.45, 7) is 4.15. The van der Waals surface area contributed by atoms with E-state index in [2.05, 4.69) is 30.7 Å². The number of aromatic nitrogens is 2. The molecule has 3 saturated carbocycles. The summed E-state index contributed by atoms with van der Waals surface area (Å²) < 4.78 is 40.8. The first-order valence-corrected chi connectivity index (χ1v) is 14.8. The highest BCUT2D eigenvalue weighted by atomic mass is 32.1. The van der Waals surface area contributed by atoms with E-state index in [-0.39, 0.29) is 35.3 Å². The minimum atomic E-state index is -1.48. The summed E-state index contributed by atoms with van der Waals surface area (Å²) in [4.78, 5) is 26.2. The standard InChI is InChI=1S/C32H32F2N2O5S/c1-30-14-17-16-35-36(21-12-19(33)11-20(34)13-21)24(17)10-18(30)5-6-22-23-7-8-32(29(39)42,31(23,2)15-25(37)27(22)30)41-28(38)26-4-3-9-40-26/h3-4,9-13,16,22-23,25,27,37H,5-8,14-15H2,1-2H3,(H,39,42)/t22-,23-,25-,27+,30-,31-,32-/m1/s1. The fourth-order valence-corrected chi connectivity index (χ4v) is 9.62. The average molecular weight is 595 g/mol. The quantitative estimate of drug-likeness (QED) is 0.287. The second kappa shape index (κ2) is 9.38. The molecule has 4 aliphatic rings. The summed E-state index contributed by atoms with van der Waals surface area (Å²) in [7, 11) is 0. The number of furan rings is 1. The van der Waals surface area contributed by atoms with E-state index in [4.69, 9.17) is 9.15 Å². The molecule has 7 atom stereocenters. The molecular formula is C32H32F2N2O5S. The summed E-state index contributed by atoms with van der Waals surface area (Å²) in [6, 6.07) is 6.45. The number of ether oxygens (including phenoxy) is 1. The number of carbonyl (C=O) groups is 2. The highest BCUT2D eigenvalue weighted by Gasteiger charge is 2.70. The molecule has 0 radical (unpaired) electrons. The third kappa shape index (κ3) is 3.76. The Bertz CT molecular complexity index is 1610. The van der Waals surface area contributed by atoms with Gasteiger partial charge in [0, 0.05) is 11.5 Å². The van der Waals surface area contributed by atoms with Gasteiger partial charge in [0.15, 0.2) is 5.60 Å². The molecule has 0 saturated heterocycles. The molecule has 0 unspecified atom stereocenters. The van der Waals surface area contributed by atoms with Crippen LogP contribution in [0.4, 0.5) is 8.78 Å². The lowest BCUT2D eigenvalue weighted by atomic mass is 9.45. The Kier molecular flexibility index (Phi) is 6.16. The third-order valence-corrected chi connectivity index (χ3v) is 11.3. The zero-order chi connectivity index (χ0) is 29.6. The smallest absolute Gasteiger partial charge is 0.375 e. The van der Waals surface area contributed by atoms with E-state index >= 15 is 0 Å². The van der Waals surface area contributed by atoms with Crippen LogP contribution in [-0.4, -0.2) is 37.7 Å². The van der Waals surface area contributed by atoms with Gasteiger partial charge < -0.3 is 14.3 Å². The van der Waals surface area contributed by atoms with Crippen molar-refractivity contribution in [1.82, 2.24) is 9.78 Å². The Balaban J connectivity index is 1.23. The van der Waals surface area contributed by atoms with Gasteiger partial charge >= 0.3 is 5.97 Å². The predicted molar refractivity (Wildman–Crippen MR) is 152 cm³/mol. The number of thiol groups is 1. The van der Waals surface area contributed by atoms with Crippen molar-refractivity contribution in [2.24, 2.45) is 28.6 Å². The van der Waals surface area contributed by atoms with Crippen molar-refractivity contribution in [3.63, 3.8) is 0 Å². The first-order valence-electron chi connectivity index (χ1n) is 14.4. The van der Waals surface area contributed by atoms with E-state index in [1.807, 2.05) is 6.92 Å². The van der Waals surface area contributed by atoms with Gasteiger partial charge in [-0.1, -0.05) is 19.4 Å². The number of carbonyl (C=O) groups excluding carboxylic acids is 2. The predicted octanol–water partition coefficient (Wildman–Crippen LogP) is 5.95. The SMILES string of the molecule is C[C@@]12Cc3cnn(-c4cc(F)cc(F)c4)c3C=C1CC[C@H]1[C@H]2[C@H](O)C[C@]2(C)[C@@H]1CC[C@@]2(OC(=O)c1ccco1)C(=O)S. The van der Waals surface area contributed by atoms with Crippen molar-refractivity contribution in [3.8, 4) is 5.69 Å². The number of halogens is 2. The maximum absolute atomic E-state index is 14.0. The Labute approximate surface area is 247 Å². The number of esters is 1. The van der Waals surface area contributed by atoms with Gasteiger partial charge in [-0.05, 0) is 97.6 Å². The normalized spacial score (nSPS) is 35.0. The van der Waals surface area contributed by atoms with Crippen LogP contribution >= 0.6 is 12.6 Å². The van der Waals surface area contributed by atoms with Gasteiger partial charge in [-0.25, -0.2) is 18.3 Å². The molecule has 3 aromatic rings.